The summed E-state index contributed by atoms with van der Waals surface area (Å²) in [4.78, 5) is 62.8. The van der Waals surface area contributed by atoms with Crippen LogP contribution in [0, 0.1) is 11.7 Å². The minimum Gasteiger partial charge on any atom is -0.465 e. The van der Waals surface area contributed by atoms with Crippen LogP contribution in [0.1, 0.15) is 136 Å². The first-order valence-electron chi connectivity index (χ1n) is 24.4. The highest BCUT2D eigenvalue weighted by Crippen LogP contribution is 2.54. The highest BCUT2D eigenvalue weighted by molar-refractivity contribution is 7.12. The Morgan fingerprint density at radius 1 is 0.900 bits per heavy atom. The van der Waals surface area contributed by atoms with Crippen LogP contribution >= 0.6 is 11.3 Å². The average Bonchev–Trinajstić information content (AvgIpc) is 3.94. The van der Waals surface area contributed by atoms with Crippen LogP contribution in [0.25, 0.3) is 22.5 Å². The summed E-state index contributed by atoms with van der Waals surface area (Å²) in [5, 5.41) is 16.7. The Labute approximate surface area is 409 Å². The number of carbonyl (C=O) groups is 3. The number of nitrogens with zero attached hydrogens (tertiary/aromatic N) is 5. The van der Waals surface area contributed by atoms with Gasteiger partial charge in [-0.2, -0.15) is 0 Å². The van der Waals surface area contributed by atoms with Crippen LogP contribution in [0.15, 0.2) is 60.5 Å². The minimum absolute atomic E-state index is 0.128. The standard InChI is InChI=1S/C51H61F2N9O7S/c1-26(2)42(58-49(65)67-5)46(63)60-18-8-7-10-35(60)44-54-24-32(56-44)28-14-15-34-30(20-28)22-37-41-31(52)21-29(23-38(41)69-48(62(34)37)40-17-16-39(70-40)27-12-13-27)33-25-55-45(57-33)36-11-9-19-61(36)47(64)43(51(3,4)53)59-50(66)68-6/h14,16-17,20-27,34-36,42-43,47-48,64H,7-13,15,18-19H2,1-6H3,(H,54,56)(H,55,57)(H,58,65)(H,59,66). The highest BCUT2D eigenvalue weighted by atomic mass is 32.1. The van der Waals surface area contributed by atoms with Gasteiger partial charge in [0.25, 0.3) is 0 Å². The number of nitrogens with one attached hydrogen (secondary N) is 4. The number of rotatable bonds is 13. The zero-order valence-corrected chi connectivity index (χ0v) is 41.1. The second-order valence-corrected chi connectivity index (χ2v) is 21.2. The lowest BCUT2D eigenvalue weighted by Gasteiger charge is -2.41. The third-order valence-corrected chi connectivity index (χ3v) is 15.9. The Morgan fingerprint density at radius 3 is 2.33 bits per heavy atom. The number of benzene rings is 1. The number of aliphatic hydroxyl groups excluding tert-OH is 1. The predicted octanol–water partition coefficient (Wildman–Crippen LogP) is 8.77. The molecule has 0 spiro atoms. The van der Waals surface area contributed by atoms with Crippen LogP contribution in [0.5, 0.6) is 5.75 Å². The van der Waals surface area contributed by atoms with Crippen LogP contribution in [0.4, 0.5) is 18.4 Å². The van der Waals surface area contributed by atoms with Gasteiger partial charge >= 0.3 is 12.2 Å². The van der Waals surface area contributed by atoms with Crippen molar-refractivity contribution < 1.29 is 42.5 Å². The van der Waals surface area contributed by atoms with Gasteiger partial charge in [-0.1, -0.05) is 19.9 Å². The van der Waals surface area contributed by atoms with Gasteiger partial charge in [0.15, 0.2) is 0 Å². The SMILES string of the molecule is COC(=O)NC(C(=O)N1CCCCC1c1ncc(C2=CCC3C(=C2)C=C2c4c(F)cc(-c5cnc(C6CCCN6C(O)C(NC(=O)OC)C(C)(C)F)[nH]5)cc4OC(c4ccc(C5CC5)s4)N23)[nH]1)C(C)C. The first-order valence-corrected chi connectivity index (χ1v) is 25.2. The number of aromatic amines is 2. The van der Waals surface area contributed by atoms with Crippen molar-refractivity contribution in [3.05, 3.63) is 98.9 Å². The number of carbonyl (C=O) groups excluding carboxylic acids is 3. The molecule has 0 radical (unpaired) electrons. The fourth-order valence-corrected chi connectivity index (χ4v) is 12.0. The molecular formula is C51H61F2N9O7S. The van der Waals surface area contributed by atoms with E-state index < -0.39 is 54.3 Å². The van der Waals surface area contributed by atoms with Crippen molar-refractivity contribution >= 4 is 40.7 Å². The van der Waals surface area contributed by atoms with Gasteiger partial charge in [0.05, 0.1) is 72.3 Å². The molecule has 70 heavy (non-hydrogen) atoms. The number of hydrogen-bond acceptors (Lipinski definition) is 12. The molecule has 1 saturated carbocycles. The van der Waals surface area contributed by atoms with Crippen molar-refractivity contribution in [1.29, 1.82) is 0 Å². The molecule has 372 valence electrons. The Hall–Kier alpha value is -6.05. The summed E-state index contributed by atoms with van der Waals surface area (Å²) in [7, 11) is 2.47. The number of likely N-dealkylation sites (tertiary alicyclic amines) is 2. The van der Waals surface area contributed by atoms with Crippen molar-refractivity contribution in [3.8, 4) is 17.0 Å². The molecule has 1 aromatic carbocycles. The molecule has 4 aliphatic heterocycles. The lowest BCUT2D eigenvalue weighted by atomic mass is 9.94. The van der Waals surface area contributed by atoms with E-state index in [1.165, 1.54) is 51.9 Å². The van der Waals surface area contributed by atoms with E-state index in [4.69, 9.17) is 19.2 Å². The fourth-order valence-electron chi connectivity index (χ4n) is 10.8. The van der Waals surface area contributed by atoms with Gasteiger partial charge in [-0.05, 0) is 125 Å². The molecule has 3 amide bonds. The number of alkyl halides is 1. The topological polar surface area (TPSA) is 190 Å². The number of hydrogen-bond donors (Lipinski definition) is 5. The predicted molar refractivity (Wildman–Crippen MR) is 258 cm³/mol. The summed E-state index contributed by atoms with van der Waals surface area (Å²) in [6.07, 6.45) is 13.2. The number of halogens is 2. The highest BCUT2D eigenvalue weighted by Gasteiger charge is 2.46. The minimum atomic E-state index is -1.98. The summed E-state index contributed by atoms with van der Waals surface area (Å²) in [6.45, 7) is 7.37. The van der Waals surface area contributed by atoms with Gasteiger partial charge in [-0.3, -0.25) is 9.69 Å². The number of amides is 3. The van der Waals surface area contributed by atoms with Gasteiger partial charge in [0, 0.05) is 23.5 Å². The molecular weight excluding hydrogens is 921 g/mol. The fraction of sp³-hybridized carbons (Fsp3) is 0.510. The molecule has 6 aliphatic rings. The number of ether oxygens (including phenoxy) is 3. The van der Waals surface area contributed by atoms with Crippen LogP contribution in [0.3, 0.4) is 0 Å². The summed E-state index contributed by atoms with van der Waals surface area (Å²) >= 11 is 1.74. The van der Waals surface area contributed by atoms with Gasteiger partial charge < -0.3 is 49.7 Å². The maximum absolute atomic E-state index is 17.0. The Morgan fingerprint density at radius 2 is 1.60 bits per heavy atom. The third kappa shape index (κ3) is 9.00. The lowest BCUT2D eigenvalue weighted by Crippen LogP contribution is -2.59. The largest absolute Gasteiger partial charge is 0.465 e. The number of methoxy groups -OCH3 is 2. The van der Waals surface area contributed by atoms with Gasteiger partial charge in [-0.15, -0.1) is 11.3 Å². The number of fused-ring (bicyclic) bond motifs is 5. The number of imidazole rings is 2. The Bertz CT molecular complexity index is 2750. The van der Waals surface area contributed by atoms with E-state index in [1.807, 2.05) is 31.0 Å². The summed E-state index contributed by atoms with van der Waals surface area (Å²) in [6, 6.07) is 4.78. The molecule has 2 aliphatic carbocycles. The third-order valence-electron chi connectivity index (χ3n) is 14.6. The first kappa shape index (κ1) is 47.6. The monoisotopic (exact) mass is 981 g/mol. The number of alkyl carbamates (subject to hydrolysis) is 2. The molecule has 5 N–H and O–H groups in total. The zero-order chi connectivity index (χ0) is 49.2. The molecule has 3 aromatic heterocycles. The van der Waals surface area contributed by atoms with Crippen LogP contribution in [-0.2, 0) is 14.3 Å². The molecule has 0 bridgehead atoms. The van der Waals surface area contributed by atoms with E-state index in [-0.39, 0.29) is 23.9 Å². The zero-order valence-electron chi connectivity index (χ0n) is 40.3. The summed E-state index contributed by atoms with van der Waals surface area (Å²) in [5.74, 6) is 1.38. The van der Waals surface area contributed by atoms with E-state index in [0.29, 0.717) is 72.5 Å². The summed E-state index contributed by atoms with van der Waals surface area (Å²) in [5.41, 5.74) is 2.95. The van der Waals surface area contributed by atoms with E-state index in [1.54, 1.807) is 22.4 Å². The number of allylic oxidation sites excluding steroid dienone is 2. The second kappa shape index (κ2) is 18.9. The number of thiophene rings is 1. The molecule has 4 aromatic rings. The number of aromatic nitrogens is 4. The molecule has 3 fully saturated rings. The molecule has 10 rings (SSSR count). The Balaban J connectivity index is 0.937. The van der Waals surface area contributed by atoms with Crippen LogP contribution < -0.4 is 15.4 Å². The van der Waals surface area contributed by atoms with Crippen molar-refractivity contribution in [2.24, 2.45) is 5.92 Å². The van der Waals surface area contributed by atoms with Gasteiger partial charge in [0.1, 0.15) is 47.2 Å². The lowest BCUT2D eigenvalue weighted by molar-refractivity contribution is -0.138. The number of aliphatic hydroxyl groups is 1. The van der Waals surface area contributed by atoms with Crippen molar-refractivity contribution in [2.75, 3.05) is 27.3 Å². The second-order valence-electron chi connectivity index (χ2n) is 20.1. The van der Waals surface area contributed by atoms with Crippen molar-refractivity contribution in [1.82, 2.24) is 45.3 Å². The molecule has 19 heteroatoms. The Kier molecular flexibility index (Phi) is 12.9. The smallest absolute Gasteiger partial charge is 0.407 e. The van der Waals surface area contributed by atoms with E-state index in [2.05, 4.69) is 60.8 Å². The molecule has 2 saturated heterocycles. The van der Waals surface area contributed by atoms with E-state index >= 15 is 8.78 Å². The molecule has 7 heterocycles. The normalized spacial score (nSPS) is 23.5. The maximum Gasteiger partial charge on any atom is 0.407 e. The molecule has 7 unspecified atom stereocenters. The first-order chi connectivity index (χ1) is 33.6. The van der Waals surface area contributed by atoms with Crippen molar-refractivity contribution in [2.45, 2.75) is 133 Å². The van der Waals surface area contributed by atoms with Crippen molar-refractivity contribution in [3.63, 3.8) is 0 Å². The molecule has 7 atom stereocenters. The van der Waals surface area contributed by atoms with Gasteiger partial charge in [-0.25, -0.2) is 28.3 Å². The summed E-state index contributed by atoms with van der Waals surface area (Å²) < 4.78 is 48.9. The quantitative estimate of drug-likeness (QED) is 0.0861. The van der Waals surface area contributed by atoms with Gasteiger partial charge in [0.2, 0.25) is 12.1 Å². The van der Waals surface area contributed by atoms with Crippen LogP contribution in [-0.4, -0.2) is 115 Å². The number of H-pyrrole nitrogens is 2. The van der Waals surface area contributed by atoms with E-state index in [9.17, 15) is 19.5 Å². The van der Waals surface area contributed by atoms with Crippen LogP contribution in [0.2, 0.25) is 0 Å². The average molecular weight is 982 g/mol. The number of piperidine rings is 1. The molecule has 16 nitrogen and oxygen atoms in total. The van der Waals surface area contributed by atoms with E-state index in [0.717, 1.165) is 46.7 Å². The maximum atomic E-state index is 17.0.